The fourth-order valence-corrected chi connectivity index (χ4v) is 3.02. The summed E-state index contributed by atoms with van der Waals surface area (Å²) in [6.45, 7) is 7.19. The smallest absolute Gasteiger partial charge is 0.219 e. The number of anilines is 1. The fraction of sp³-hybridized carbons (Fsp3) is 0.562. The molecule has 1 aliphatic heterocycles. The summed E-state index contributed by atoms with van der Waals surface area (Å²) in [5.41, 5.74) is 2.01. The molecule has 3 rings (SSSR count). The van der Waals surface area contributed by atoms with Gasteiger partial charge in [0.15, 0.2) is 5.65 Å². The van der Waals surface area contributed by atoms with Gasteiger partial charge in [-0.3, -0.25) is 4.79 Å². The first-order valence-corrected chi connectivity index (χ1v) is 8.03. The van der Waals surface area contributed by atoms with Gasteiger partial charge >= 0.3 is 0 Å². The van der Waals surface area contributed by atoms with Crippen LogP contribution < -0.4 is 4.90 Å². The molecule has 22 heavy (non-hydrogen) atoms. The third-order valence-electron chi connectivity index (χ3n) is 4.16. The summed E-state index contributed by atoms with van der Waals surface area (Å²) in [7, 11) is 0. The SMILES string of the molecule is CCCc1cc(N2CCCN(C(C)=O)CC2)n2nccc2n1. The standard InChI is InChI=1S/C16H23N5O/c1-3-5-14-12-16(21-15(18-14)6-7-17-21)20-9-4-8-19(10-11-20)13(2)22/h6-7,12H,3-5,8-11H2,1-2H3. The van der Waals surface area contributed by atoms with Crippen LogP contribution in [0.5, 0.6) is 0 Å². The van der Waals surface area contributed by atoms with Crippen LogP contribution >= 0.6 is 0 Å². The Kier molecular flexibility index (Phi) is 4.27. The van der Waals surface area contributed by atoms with E-state index in [1.54, 1.807) is 13.1 Å². The highest BCUT2D eigenvalue weighted by atomic mass is 16.2. The first-order valence-electron chi connectivity index (χ1n) is 8.03. The minimum atomic E-state index is 0.160. The van der Waals surface area contributed by atoms with Crippen molar-refractivity contribution in [1.82, 2.24) is 19.5 Å². The molecule has 0 saturated carbocycles. The molecule has 0 atom stereocenters. The maximum atomic E-state index is 11.6. The molecule has 0 aromatic carbocycles. The maximum Gasteiger partial charge on any atom is 0.219 e. The van der Waals surface area contributed by atoms with E-state index in [1.807, 2.05) is 15.5 Å². The molecule has 1 saturated heterocycles. The molecule has 0 aliphatic carbocycles. The number of aryl methyl sites for hydroxylation is 1. The molecule has 118 valence electrons. The topological polar surface area (TPSA) is 53.7 Å². The van der Waals surface area contributed by atoms with Crippen LogP contribution in [-0.4, -0.2) is 51.6 Å². The molecule has 0 spiro atoms. The van der Waals surface area contributed by atoms with Crippen molar-refractivity contribution in [2.24, 2.45) is 0 Å². The number of rotatable bonds is 3. The van der Waals surface area contributed by atoms with Gasteiger partial charge in [-0.05, 0) is 12.8 Å². The molecule has 1 amide bonds. The van der Waals surface area contributed by atoms with Gasteiger partial charge in [0, 0.05) is 50.9 Å². The molecule has 3 heterocycles. The largest absolute Gasteiger partial charge is 0.355 e. The van der Waals surface area contributed by atoms with Gasteiger partial charge in [-0.15, -0.1) is 0 Å². The second-order valence-electron chi connectivity index (χ2n) is 5.80. The summed E-state index contributed by atoms with van der Waals surface area (Å²) in [6, 6.07) is 4.09. The molecule has 1 fully saturated rings. The highest BCUT2D eigenvalue weighted by Crippen LogP contribution is 2.20. The van der Waals surface area contributed by atoms with Crippen LogP contribution in [0.1, 0.15) is 32.4 Å². The van der Waals surface area contributed by atoms with Crippen LogP contribution in [0.15, 0.2) is 18.3 Å². The summed E-state index contributed by atoms with van der Waals surface area (Å²) in [5, 5.41) is 4.41. The molecule has 1 aliphatic rings. The number of hydrogen-bond acceptors (Lipinski definition) is 4. The lowest BCUT2D eigenvalue weighted by Crippen LogP contribution is -2.34. The Labute approximate surface area is 130 Å². The van der Waals surface area contributed by atoms with Gasteiger partial charge in [-0.1, -0.05) is 13.3 Å². The van der Waals surface area contributed by atoms with Gasteiger partial charge in [0.05, 0.1) is 6.20 Å². The van der Waals surface area contributed by atoms with E-state index in [4.69, 9.17) is 0 Å². The van der Waals surface area contributed by atoms with Crippen LogP contribution in [0, 0.1) is 0 Å². The quantitative estimate of drug-likeness (QED) is 0.866. The van der Waals surface area contributed by atoms with Gasteiger partial charge in [0.25, 0.3) is 0 Å². The normalized spacial score (nSPS) is 16.1. The molecular formula is C16H23N5O. The van der Waals surface area contributed by atoms with Gasteiger partial charge in [-0.25, -0.2) is 4.98 Å². The van der Waals surface area contributed by atoms with Crippen molar-refractivity contribution in [3.63, 3.8) is 0 Å². The number of aromatic nitrogens is 3. The van der Waals surface area contributed by atoms with E-state index in [9.17, 15) is 4.79 Å². The molecule has 2 aromatic heterocycles. The van der Waals surface area contributed by atoms with Crippen molar-refractivity contribution in [3.8, 4) is 0 Å². The average Bonchev–Trinajstić information content (AvgIpc) is 2.82. The third-order valence-corrected chi connectivity index (χ3v) is 4.16. The number of amides is 1. The van der Waals surface area contributed by atoms with Gasteiger partial charge < -0.3 is 9.80 Å². The van der Waals surface area contributed by atoms with E-state index in [0.717, 1.165) is 62.6 Å². The minimum Gasteiger partial charge on any atom is -0.355 e. The predicted octanol–water partition coefficient (Wildman–Crippen LogP) is 1.74. The Morgan fingerprint density at radius 3 is 2.91 bits per heavy atom. The molecule has 6 heteroatoms. The molecule has 0 unspecified atom stereocenters. The monoisotopic (exact) mass is 301 g/mol. The van der Waals surface area contributed by atoms with Gasteiger partial charge in [0.1, 0.15) is 5.82 Å². The zero-order chi connectivity index (χ0) is 15.5. The summed E-state index contributed by atoms with van der Waals surface area (Å²) in [6.07, 6.45) is 4.83. The van der Waals surface area contributed by atoms with E-state index in [2.05, 4.69) is 28.0 Å². The highest BCUT2D eigenvalue weighted by molar-refractivity contribution is 5.73. The first kappa shape index (κ1) is 14.8. The Hall–Kier alpha value is -2.11. The Bertz CT molecular complexity index is 666. The number of fused-ring (bicyclic) bond motifs is 1. The van der Waals surface area contributed by atoms with Crippen molar-refractivity contribution in [3.05, 3.63) is 24.0 Å². The third kappa shape index (κ3) is 2.91. The van der Waals surface area contributed by atoms with Crippen LogP contribution in [0.3, 0.4) is 0 Å². The maximum absolute atomic E-state index is 11.6. The molecule has 2 aromatic rings. The Balaban J connectivity index is 1.91. The van der Waals surface area contributed by atoms with Crippen molar-refractivity contribution < 1.29 is 4.79 Å². The predicted molar refractivity (Wildman–Crippen MR) is 86.1 cm³/mol. The lowest BCUT2D eigenvalue weighted by molar-refractivity contribution is -0.128. The van der Waals surface area contributed by atoms with Gasteiger partial charge in [-0.2, -0.15) is 9.61 Å². The number of carbonyl (C=O) groups excluding carboxylic acids is 1. The number of nitrogens with zero attached hydrogens (tertiary/aromatic N) is 5. The lowest BCUT2D eigenvalue weighted by atomic mass is 10.2. The first-order chi connectivity index (χ1) is 10.7. The molecule has 6 nitrogen and oxygen atoms in total. The average molecular weight is 301 g/mol. The molecular weight excluding hydrogens is 278 g/mol. The number of carbonyl (C=O) groups is 1. The molecule has 0 radical (unpaired) electrons. The van der Waals surface area contributed by atoms with Crippen molar-refractivity contribution in [1.29, 1.82) is 0 Å². The zero-order valence-corrected chi connectivity index (χ0v) is 13.3. The molecule has 0 bridgehead atoms. The fourth-order valence-electron chi connectivity index (χ4n) is 3.02. The Morgan fingerprint density at radius 1 is 1.27 bits per heavy atom. The molecule has 0 N–H and O–H groups in total. The minimum absolute atomic E-state index is 0.160. The summed E-state index contributed by atoms with van der Waals surface area (Å²) >= 11 is 0. The van der Waals surface area contributed by atoms with E-state index in [1.165, 1.54) is 0 Å². The van der Waals surface area contributed by atoms with Crippen LogP contribution in [0.4, 0.5) is 5.82 Å². The van der Waals surface area contributed by atoms with E-state index >= 15 is 0 Å². The summed E-state index contributed by atoms with van der Waals surface area (Å²) < 4.78 is 1.91. The Morgan fingerprint density at radius 2 is 2.14 bits per heavy atom. The highest BCUT2D eigenvalue weighted by Gasteiger charge is 2.19. The van der Waals surface area contributed by atoms with E-state index in [0.29, 0.717) is 0 Å². The van der Waals surface area contributed by atoms with Crippen molar-refractivity contribution >= 4 is 17.4 Å². The van der Waals surface area contributed by atoms with Crippen LogP contribution in [0.25, 0.3) is 5.65 Å². The lowest BCUT2D eigenvalue weighted by Gasteiger charge is -2.24. The van der Waals surface area contributed by atoms with E-state index in [-0.39, 0.29) is 5.91 Å². The summed E-state index contributed by atoms with van der Waals surface area (Å²) in [5.74, 6) is 1.25. The second-order valence-corrected chi connectivity index (χ2v) is 5.80. The van der Waals surface area contributed by atoms with Crippen LogP contribution in [0.2, 0.25) is 0 Å². The van der Waals surface area contributed by atoms with Crippen molar-refractivity contribution in [2.75, 3.05) is 31.1 Å². The van der Waals surface area contributed by atoms with Gasteiger partial charge in [0.2, 0.25) is 5.91 Å². The number of hydrogen-bond donors (Lipinski definition) is 0. The second kappa shape index (κ2) is 6.34. The zero-order valence-electron chi connectivity index (χ0n) is 13.3. The van der Waals surface area contributed by atoms with Crippen LogP contribution in [-0.2, 0) is 11.2 Å². The van der Waals surface area contributed by atoms with Crippen molar-refractivity contribution in [2.45, 2.75) is 33.1 Å². The van der Waals surface area contributed by atoms with E-state index < -0.39 is 0 Å². The summed E-state index contributed by atoms with van der Waals surface area (Å²) in [4.78, 5) is 20.5.